The van der Waals surface area contributed by atoms with Gasteiger partial charge in [0.15, 0.2) is 5.78 Å². The summed E-state index contributed by atoms with van der Waals surface area (Å²) in [7, 11) is 2.27. The second kappa shape index (κ2) is 7.32. The van der Waals surface area contributed by atoms with Gasteiger partial charge in [0.2, 0.25) is 0 Å². The fourth-order valence-corrected chi connectivity index (χ4v) is 5.42. The molecule has 2 heterocycles. The summed E-state index contributed by atoms with van der Waals surface area (Å²) >= 11 is 1.87. The first kappa shape index (κ1) is 16.8. The van der Waals surface area contributed by atoms with E-state index in [4.69, 9.17) is 0 Å². The van der Waals surface area contributed by atoms with Crippen molar-refractivity contribution in [1.29, 1.82) is 0 Å². The topological polar surface area (TPSA) is 26.0 Å². The second-order valence-electron chi connectivity index (χ2n) is 7.33. The maximum absolute atomic E-state index is 13.3. The summed E-state index contributed by atoms with van der Waals surface area (Å²) in [5, 5.41) is 0.225. The first-order valence-corrected chi connectivity index (χ1v) is 10.1. The fourth-order valence-electron chi connectivity index (χ4n) is 4.02. The van der Waals surface area contributed by atoms with Crippen LogP contribution >= 0.6 is 11.8 Å². The monoisotopic (exact) mass is 354 g/mol. The van der Waals surface area contributed by atoms with Gasteiger partial charge in [-0.05, 0) is 11.6 Å². The van der Waals surface area contributed by atoms with Crippen LogP contribution < -0.4 is 9.80 Å². The smallest absolute Gasteiger partial charge is 0.174 e. The van der Waals surface area contributed by atoms with E-state index in [1.165, 1.54) is 31.7 Å². The number of piperazine rings is 1. The molecule has 0 aromatic heterocycles. The first-order valence-electron chi connectivity index (χ1n) is 9.22. The Morgan fingerprint density at radius 3 is 2.40 bits per heavy atom. The molecule has 25 heavy (non-hydrogen) atoms. The van der Waals surface area contributed by atoms with E-state index in [2.05, 4.69) is 43.4 Å². The molecule has 1 fully saturated rings. The summed E-state index contributed by atoms with van der Waals surface area (Å²) in [6.07, 6.45) is 0. The predicted molar refractivity (Wildman–Crippen MR) is 101 cm³/mol. The zero-order valence-corrected chi connectivity index (χ0v) is 15.5. The van der Waals surface area contributed by atoms with Gasteiger partial charge in [-0.25, -0.2) is 0 Å². The Hall–Kier alpha value is -1.62. The summed E-state index contributed by atoms with van der Waals surface area (Å²) in [6, 6.07) is 18.7. The number of hydrogen-bond donors (Lipinski definition) is 2. The van der Waals surface area contributed by atoms with Gasteiger partial charge in [0.05, 0.1) is 19.5 Å². The van der Waals surface area contributed by atoms with Gasteiger partial charge in [0, 0.05) is 15.7 Å². The van der Waals surface area contributed by atoms with Crippen molar-refractivity contribution in [2.45, 2.75) is 10.1 Å². The van der Waals surface area contributed by atoms with Crippen molar-refractivity contribution in [3.05, 3.63) is 65.7 Å². The summed E-state index contributed by atoms with van der Waals surface area (Å²) < 4.78 is 0. The molecule has 0 bridgehead atoms. The number of fused-ring (bicyclic) bond motifs is 1. The Morgan fingerprint density at radius 1 is 0.960 bits per heavy atom. The number of thioether (sulfide) groups is 1. The lowest BCUT2D eigenvalue weighted by atomic mass is 9.89. The van der Waals surface area contributed by atoms with Crippen LogP contribution in [0.2, 0.25) is 0 Å². The molecular weight excluding hydrogens is 328 g/mol. The number of rotatable bonds is 3. The van der Waals surface area contributed by atoms with Crippen LogP contribution in [0.25, 0.3) is 0 Å². The molecule has 2 N–H and O–H groups in total. The summed E-state index contributed by atoms with van der Waals surface area (Å²) in [4.78, 5) is 17.6. The highest BCUT2D eigenvalue weighted by atomic mass is 32.2. The van der Waals surface area contributed by atoms with Gasteiger partial charge >= 0.3 is 0 Å². The van der Waals surface area contributed by atoms with Crippen LogP contribution in [0.15, 0.2) is 59.5 Å². The minimum absolute atomic E-state index is 0.0655. The zero-order valence-electron chi connectivity index (χ0n) is 14.7. The van der Waals surface area contributed by atoms with Crippen molar-refractivity contribution in [2.75, 3.05) is 39.8 Å². The number of Topliss-reactive ketones (excluding diaryl/α,β-unsaturated/α-hetero) is 1. The average Bonchev–Trinajstić information content (AvgIpc) is 2.66. The molecular formula is C21H26N2OS+2. The molecule has 0 aliphatic carbocycles. The number of nitrogens with one attached hydrogen (secondary N) is 2. The Bertz CT molecular complexity index is 741. The Labute approximate surface area is 154 Å². The standard InChI is InChI=1S/C21H24N2OS/c1-22-11-13-23(14-12-22)15-18-20(24)17-9-5-6-10-19(17)25-21(18)16-7-3-2-4-8-16/h2-10,18,21H,11-15H2,1H3/p+2/t18-,21+/m1/s1. The summed E-state index contributed by atoms with van der Waals surface area (Å²) in [5.41, 5.74) is 2.20. The highest BCUT2D eigenvalue weighted by Gasteiger charge is 2.40. The SMILES string of the molecule is C[NH+]1CC[NH+](C[C@@H]2C(=O)c3ccccc3S[C@H]2c2ccccc2)CC1. The maximum Gasteiger partial charge on any atom is 0.174 e. The predicted octanol–water partition coefficient (Wildman–Crippen LogP) is 0.746. The lowest BCUT2D eigenvalue weighted by Gasteiger charge is -2.35. The highest BCUT2D eigenvalue weighted by Crippen LogP contribution is 2.47. The number of carbonyl (C=O) groups is 1. The van der Waals surface area contributed by atoms with Crippen LogP contribution in [0.1, 0.15) is 21.2 Å². The van der Waals surface area contributed by atoms with Crippen molar-refractivity contribution in [3.63, 3.8) is 0 Å². The Morgan fingerprint density at radius 2 is 1.64 bits per heavy atom. The molecule has 2 aliphatic heterocycles. The van der Waals surface area contributed by atoms with Crippen molar-refractivity contribution >= 4 is 17.5 Å². The van der Waals surface area contributed by atoms with Gasteiger partial charge in [-0.1, -0.05) is 48.5 Å². The first-order chi connectivity index (χ1) is 12.2. The third-order valence-corrected chi connectivity index (χ3v) is 7.02. The molecule has 4 rings (SSSR count). The van der Waals surface area contributed by atoms with Crippen LogP contribution in [0.3, 0.4) is 0 Å². The molecule has 0 amide bonds. The quantitative estimate of drug-likeness (QED) is 0.851. The third-order valence-electron chi connectivity index (χ3n) is 5.56. The van der Waals surface area contributed by atoms with Crippen LogP contribution in [0.4, 0.5) is 0 Å². The fraction of sp³-hybridized carbons (Fsp3) is 0.381. The van der Waals surface area contributed by atoms with Gasteiger partial charge in [-0.2, -0.15) is 0 Å². The van der Waals surface area contributed by atoms with Crippen molar-refractivity contribution in [2.24, 2.45) is 5.92 Å². The van der Waals surface area contributed by atoms with E-state index >= 15 is 0 Å². The highest BCUT2D eigenvalue weighted by molar-refractivity contribution is 7.99. The van der Waals surface area contributed by atoms with Gasteiger partial charge in [-0.3, -0.25) is 4.79 Å². The number of ketones is 1. The molecule has 0 saturated carbocycles. The minimum Gasteiger partial charge on any atom is -0.328 e. The summed E-state index contributed by atoms with van der Waals surface area (Å²) in [5.74, 6) is 0.401. The number of quaternary nitrogens is 2. The molecule has 130 valence electrons. The van der Waals surface area contributed by atoms with E-state index in [9.17, 15) is 4.79 Å². The maximum atomic E-state index is 13.3. The number of benzene rings is 2. The Kier molecular flexibility index (Phi) is 4.93. The molecule has 4 heteroatoms. The number of likely N-dealkylation sites (N-methyl/N-ethyl adjacent to an activating group) is 1. The van der Waals surface area contributed by atoms with Crippen LogP contribution in [-0.4, -0.2) is 45.6 Å². The zero-order chi connectivity index (χ0) is 17.2. The molecule has 2 aliphatic rings. The molecule has 1 saturated heterocycles. The van der Waals surface area contributed by atoms with Crippen molar-refractivity contribution in [1.82, 2.24) is 0 Å². The molecule has 0 spiro atoms. The van der Waals surface area contributed by atoms with Crippen LogP contribution in [0.5, 0.6) is 0 Å². The molecule has 2 aromatic rings. The van der Waals surface area contributed by atoms with Gasteiger partial charge in [0.1, 0.15) is 26.2 Å². The molecule has 0 radical (unpaired) electrons. The number of hydrogen-bond acceptors (Lipinski definition) is 2. The molecule has 3 nitrogen and oxygen atoms in total. The van der Waals surface area contributed by atoms with Gasteiger partial charge in [0.25, 0.3) is 0 Å². The summed E-state index contributed by atoms with van der Waals surface area (Å²) in [6.45, 7) is 5.70. The molecule has 2 atom stereocenters. The molecule has 0 unspecified atom stereocenters. The lowest BCUT2D eigenvalue weighted by Crippen LogP contribution is -3.27. The van der Waals surface area contributed by atoms with E-state index in [1.807, 2.05) is 30.0 Å². The van der Waals surface area contributed by atoms with E-state index in [-0.39, 0.29) is 11.2 Å². The van der Waals surface area contributed by atoms with Gasteiger partial charge in [-0.15, -0.1) is 11.8 Å². The van der Waals surface area contributed by atoms with E-state index in [0.29, 0.717) is 5.78 Å². The number of carbonyl (C=O) groups excluding carboxylic acids is 1. The average molecular weight is 355 g/mol. The van der Waals surface area contributed by atoms with Crippen molar-refractivity contribution in [3.8, 4) is 0 Å². The lowest BCUT2D eigenvalue weighted by molar-refractivity contribution is -1.00. The Balaban J connectivity index is 1.64. The normalized spacial score (nSPS) is 29.2. The van der Waals surface area contributed by atoms with Gasteiger partial charge < -0.3 is 9.80 Å². The van der Waals surface area contributed by atoms with E-state index in [1.54, 1.807) is 9.80 Å². The van der Waals surface area contributed by atoms with E-state index in [0.717, 1.165) is 17.0 Å². The van der Waals surface area contributed by atoms with Crippen molar-refractivity contribution < 1.29 is 14.6 Å². The van der Waals surface area contributed by atoms with E-state index < -0.39 is 0 Å². The molecule has 2 aromatic carbocycles. The third kappa shape index (κ3) is 3.52. The largest absolute Gasteiger partial charge is 0.328 e. The van der Waals surface area contributed by atoms with Crippen LogP contribution in [-0.2, 0) is 0 Å². The second-order valence-corrected chi connectivity index (χ2v) is 8.51. The van der Waals surface area contributed by atoms with Crippen LogP contribution in [0, 0.1) is 5.92 Å². The minimum atomic E-state index is 0.0655.